The first kappa shape index (κ1) is 21.9. The summed E-state index contributed by atoms with van der Waals surface area (Å²) in [5.74, 6) is 0.905. The fraction of sp³-hybridized carbons (Fsp3) is 0.167. The molecule has 0 saturated carbocycles. The molecule has 31 heavy (non-hydrogen) atoms. The number of nitrogens with one attached hydrogen (secondary N) is 1. The normalized spacial score (nSPS) is 11.1. The zero-order valence-electron chi connectivity index (χ0n) is 16.6. The molecule has 3 aromatic carbocycles. The van der Waals surface area contributed by atoms with E-state index in [-0.39, 0.29) is 5.91 Å². The highest BCUT2D eigenvalue weighted by atomic mass is 79.9. The highest BCUT2D eigenvalue weighted by Gasteiger charge is 2.12. The number of rotatable bonds is 7. The Balaban J connectivity index is 1.45. The molecule has 158 valence electrons. The average molecular weight is 517 g/mol. The fourth-order valence-electron chi connectivity index (χ4n) is 3.46. The molecule has 1 amide bonds. The number of hydrogen-bond acceptors (Lipinski definition) is 2. The SMILES string of the molecule is O=C(NCCCc1nc2ccccc2n1Cc1ccc(Cl)c(Cl)c1)c1ccc(Br)cc1. The zero-order chi connectivity index (χ0) is 21.8. The highest BCUT2D eigenvalue weighted by Crippen LogP contribution is 2.25. The van der Waals surface area contributed by atoms with Gasteiger partial charge < -0.3 is 9.88 Å². The minimum absolute atomic E-state index is 0.0724. The minimum Gasteiger partial charge on any atom is -0.352 e. The van der Waals surface area contributed by atoms with Crippen molar-refractivity contribution in [3.05, 3.63) is 98.2 Å². The molecule has 0 unspecified atom stereocenters. The van der Waals surface area contributed by atoms with Crippen LogP contribution in [0.1, 0.15) is 28.2 Å². The number of halogens is 3. The lowest BCUT2D eigenvalue weighted by molar-refractivity contribution is 0.0953. The molecule has 0 aliphatic heterocycles. The molecule has 4 rings (SSSR count). The van der Waals surface area contributed by atoms with Gasteiger partial charge in [0.1, 0.15) is 5.82 Å². The first-order chi connectivity index (χ1) is 15.0. The summed E-state index contributed by atoms with van der Waals surface area (Å²) in [5.41, 5.74) is 3.73. The Labute approximate surface area is 199 Å². The third-order valence-electron chi connectivity index (χ3n) is 5.03. The summed E-state index contributed by atoms with van der Waals surface area (Å²) in [7, 11) is 0. The maximum atomic E-state index is 12.3. The molecule has 0 saturated heterocycles. The second kappa shape index (κ2) is 9.86. The van der Waals surface area contributed by atoms with Crippen LogP contribution in [-0.2, 0) is 13.0 Å². The molecule has 0 bridgehead atoms. The summed E-state index contributed by atoms with van der Waals surface area (Å²) in [6.45, 7) is 1.23. The van der Waals surface area contributed by atoms with Crippen molar-refractivity contribution in [3.63, 3.8) is 0 Å². The summed E-state index contributed by atoms with van der Waals surface area (Å²) in [4.78, 5) is 17.1. The van der Waals surface area contributed by atoms with Crippen molar-refractivity contribution in [2.75, 3.05) is 6.54 Å². The molecule has 7 heteroatoms. The molecule has 1 heterocycles. The van der Waals surface area contributed by atoms with Crippen molar-refractivity contribution in [3.8, 4) is 0 Å². The standard InChI is InChI=1S/C24H20BrCl2N3O/c25-18-10-8-17(9-11-18)24(31)28-13-3-6-23-29-21-4-1-2-5-22(21)30(23)15-16-7-12-19(26)20(27)14-16/h1-2,4-5,7-12,14H,3,6,13,15H2,(H,28,31). The molecule has 4 nitrogen and oxygen atoms in total. The van der Waals surface area contributed by atoms with Crippen LogP contribution in [0.5, 0.6) is 0 Å². The number of nitrogens with zero attached hydrogens (tertiary/aromatic N) is 2. The Morgan fingerprint density at radius 2 is 1.77 bits per heavy atom. The van der Waals surface area contributed by atoms with Gasteiger partial charge in [0.25, 0.3) is 5.91 Å². The molecular formula is C24H20BrCl2N3O. The maximum Gasteiger partial charge on any atom is 0.251 e. The van der Waals surface area contributed by atoms with Gasteiger partial charge in [0.15, 0.2) is 0 Å². The van der Waals surface area contributed by atoms with Gasteiger partial charge in [-0.15, -0.1) is 0 Å². The Hall–Kier alpha value is -2.34. The number of carbonyl (C=O) groups excluding carboxylic acids is 1. The Morgan fingerprint density at radius 3 is 2.55 bits per heavy atom. The van der Waals surface area contributed by atoms with Crippen LogP contribution in [-0.4, -0.2) is 22.0 Å². The van der Waals surface area contributed by atoms with Gasteiger partial charge >= 0.3 is 0 Å². The van der Waals surface area contributed by atoms with E-state index in [1.807, 2.05) is 48.5 Å². The molecule has 0 atom stereocenters. The van der Waals surface area contributed by atoms with Crippen LogP contribution in [0.3, 0.4) is 0 Å². The second-order valence-corrected chi connectivity index (χ2v) is 8.95. The van der Waals surface area contributed by atoms with Crippen LogP contribution in [0, 0.1) is 0 Å². The van der Waals surface area contributed by atoms with Gasteiger partial charge in [-0.3, -0.25) is 4.79 Å². The summed E-state index contributed by atoms with van der Waals surface area (Å²) >= 11 is 15.6. The number of imidazole rings is 1. The van der Waals surface area contributed by atoms with E-state index in [9.17, 15) is 4.79 Å². The number of para-hydroxylation sites is 2. The zero-order valence-corrected chi connectivity index (χ0v) is 19.7. The predicted molar refractivity (Wildman–Crippen MR) is 130 cm³/mol. The van der Waals surface area contributed by atoms with Crippen LogP contribution >= 0.6 is 39.1 Å². The Kier molecular flexibility index (Phi) is 6.96. The van der Waals surface area contributed by atoms with E-state index >= 15 is 0 Å². The van der Waals surface area contributed by atoms with E-state index in [1.165, 1.54) is 0 Å². The number of benzene rings is 3. The van der Waals surface area contributed by atoms with Gasteiger partial charge in [0.2, 0.25) is 0 Å². The Bertz CT molecular complexity index is 1220. The lowest BCUT2D eigenvalue weighted by Crippen LogP contribution is -2.25. The first-order valence-corrected chi connectivity index (χ1v) is 11.5. The first-order valence-electron chi connectivity index (χ1n) is 9.93. The number of aryl methyl sites for hydroxylation is 1. The topological polar surface area (TPSA) is 46.9 Å². The third-order valence-corrected chi connectivity index (χ3v) is 6.30. The van der Waals surface area contributed by atoms with Crippen molar-refractivity contribution >= 4 is 56.1 Å². The second-order valence-electron chi connectivity index (χ2n) is 7.22. The van der Waals surface area contributed by atoms with Crippen molar-refractivity contribution in [1.82, 2.24) is 14.9 Å². The van der Waals surface area contributed by atoms with Gasteiger partial charge in [-0.1, -0.05) is 57.3 Å². The molecule has 0 fully saturated rings. The summed E-state index contributed by atoms with van der Waals surface area (Å²) in [5, 5.41) is 4.07. The van der Waals surface area contributed by atoms with Gasteiger partial charge in [-0.05, 0) is 60.5 Å². The van der Waals surface area contributed by atoms with Crippen molar-refractivity contribution in [2.45, 2.75) is 19.4 Å². The predicted octanol–water partition coefficient (Wildman–Crippen LogP) is 6.52. The minimum atomic E-state index is -0.0724. The average Bonchev–Trinajstić information content (AvgIpc) is 3.11. The molecule has 4 aromatic rings. The molecular weight excluding hydrogens is 497 g/mol. The number of hydrogen-bond donors (Lipinski definition) is 1. The number of aromatic nitrogens is 2. The van der Waals surface area contributed by atoms with E-state index in [1.54, 1.807) is 12.1 Å². The number of fused-ring (bicyclic) bond motifs is 1. The Morgan fingerprint density at radius 1 is 1.00 bits per heavy atom. The molecule has 1 N–H and O–H groups in total. The van der Waals surface area contributed by atoms with Crippen LogP contribution in [0.15, 0.2) is 71.2 Å². The van der Waals surface area contributed by atoms with Gasteiger partial charge in [0.05, 0.1) is 21.1 Å². The van der Waals surface area contributed by atoms with Crippen LogP contribution in [0.4, 0.5) is 0 Å². The lowest BCUT2D eigenvalue weighted by Gasteiger charge is -2.11. The van der Waals surface area contributed by atoms with E-state index in [4.69, 9.17) is 28.2 Å². The van der Waals surface area contributed by atoms with Crippen molar-refractivity contribution in [2.24, 2.45) is 0 Å². The van der Waals surface area contributed by atoms with Gasteiger partial charge in [-0.2, -0.15) is 0 Å². The molecule has 0 spiro atoms. The third kappa shape index (κ3) is 5.29. The smallest absolute Gasteiger partial charge is 0.251 e. The molecule has 0 aliphatic rings. The van der Waals surface area contributed by atoms with Crippen LogP contribution in [0.2, 0.25) is 10.0 Å². The fourth-order valence-corrected chi connectivity index (χ4v) is 4.05. The number of carbonyl (C=O) groups is 1. The van der Waals surface area contributed by atoms with Gasteiger partial charge in [-0.25, -0.2) is 4.98 Å². The molecule has 0 radical (unpaired) electrons. The van der Waals surface area contributed by atoms with E-state index < -0.39 is 0 Å². The highest BCUT2D eigenvalue weighted by molar-refractivity contribution is 9.10. The summed E-state index contributed by atoms with van der Waals surface area (Å²) < 4.78 is 3.15. The summed E-state index contributed by atoms with van der Waals surface area (Å²) in [6, 6.07) is 21.1. The summed E-state index contributed by atoms with van der Waals surface area (Å²) in [6.07, 6.45) is 1.53. The van der Waals surface area contributed by atoms with E-state index in [0.29, 0.717) is 28.7 Å². The largest absolute Gasteiger partial charge is 0.352 e. The van der Waals surface area contributed by atoms with Crippen LogP contribution < -0.4 is 5.32 Å². The lowest BCUT2D eigenvalue weighted by atomic mass is 10.2. The number of amides is 1. The van der Waals surface area contributed by atoms with Crippen molar-refractivity contribution < 1.29 is 4.79 Å². The van der Waals surface area contributed by atoms with E-state index in [0.717, 1.165) is 39.7 Å². The quantitative estimate of drug-likeness (QED) is 0.284. The van der Waals surface area contributed by atoms with Gasteiger partial charge in [0, 0.05) is 29.5 Å². The van der Waals surface area contributed by atoms with Crippen LogP contribution in [0.25, 0.3) is 11.0 Å². The molecule has 0 aliphatic carbocycles. The van der Waals surface area contributed by atoms with E-state index in [2.05, 4.69) is 31.9 Å². The maximum absolute atomic E-state index is 12.3. The monoisotopic (exact) mass is 515 g/mol. The van der Waals surface area contributed by atoms with Crippen molar-refractivity contribution in [1.29, 1.82) is 0 Å². The molecule has 1 aromatic heterocycles.